The van der Waals surface area contributed by atoms with Crippen LogP contribution in [0, 0.1) is 12.8 Å². The number of hydrogen-bond acceptors (Lipinski definition) is 4. The van der Waals surface area contributed by atoms with Crippen molar-refractivity contribution in [2.24, 2.45) is 5.92 Å². The van der Waals surface area contributed by atoms with Crippen LogP contribution in [0.2, 0.25) is 0 Å². The molecule has 1 aliphatic rings. The van der Waals surface area contributed by atoms with Crippen molar-refractivity contribution in [2.75, 3.05) is 18.4 Å². The second-order valence-electron chi connectivity index (χ2n) is 6.37. The Balaban J connectivity index is 1.71. The average Bonchev–Trinajstić information content (AvgIpc) is 2.64. The number of hydrogen-bond donors (Lipinski definition) is 1. The van der Waals surface area contributed by atoms with E-state index in [2.05, 4.69) is 26.2 Å². The van der Waals surface area contributed by atoms with Crippen LogP contribution in [0.4, 0.5) is 5.82 Å². The number of carbonyl (C=O) groups is 1. The first kappa shape index (κ1) is 19.0. The van der Waals surface area contributed by atoms with Crippen LogP contribution >= 0.6 is 15.9 Å². The van der Waals surface area contributed by atoms with E-state index in [0.29, 0.717) is 25.2 Å². The van der Waals surface area contributed by atoms with Crippen LogP contribution in [-0.4, -0.2) is 36.7 Å². The van der Waals surface area contributed by atoms with E-state index in [9.17, 15) is 13.2 Å². The van der Waals surface area contributed by atoms with Crippen molar-refractivity contribution >= 4 is 37.7 Å². The van der Waals surface area contributed by atoms with Crippen LogP contribution in [0.25, 0.3) is 0 Å². The Kier molecular flexibility index (Phi) is 5.74. The molecule has 1 amide bonds. The second kappa shape index (κ2) is 7.85. The molecule has 0 saturated carbocycles. The largest absolute Gasteiger partial charge is 0.310 e. The highest BCUT2D eigenvalue weighted by atomic mass is 79.9. The number of nitrogens with zero attached hydrogens (tertiary/aromatic N) is 2. The predicted molar refractivity (Wildman–Crippen MR) is 103 cm³/mol. The molecule has 26 heavy (non-hydrogen) atoms. The minimum Gasteiger partial charge on any atom is -0.310 e. The van der Waals surface area contributed by atoms with Crippen molar-refractivity contribution in [2.45, 2.75) is 24.7 Å². The zero-order valence-corrected chi connectivity index (χ0v) is 16.8. The van der Waals surface area contributed by atoms with Gasteiger partial charge in [-0.15, -0.1) is 0 Å². The number of benzene rings is 1. The van der Waals surface area contributed by atoms with E-state index in [1.54, 1.807) is 36.5 Å². The van der Waals surface area contributed by atoms with Crippen LogP contribution in [0.1, 0.15) is 18.4 Å². The SMILES string of the molecule is Cc1ccc(NC(=O)[C@H]2CCCN(S(=O)(=O)c3ccc(Br)cc3)C2)nc1. The number of piperidine rings is 1. The number of anilines is 1. The van der Waals surface area contributed by atoms with E-state index in [4.69, 9.17) is 0 Å². The second-order valence-corrected chi connectivity index (χ2v) is 9.22. The molecule has 1 aromatic heterocycles. The van der Waals surface area contributed by atoms with Gasteiger partial charge in [-0.25, -0.2) is 13.4 Å². The lowest BCUT2D eigenvalue weighted by atomic mass is 9.99. The minimum absolute atomic E-state index is 0.177. The van der Waals surface area contributed by atoms with Gasteiger partial charge in [-0.05, 0) is 55.7 Å². The molecule has 1 fully saturated rings. The fraction of sp³-hybridized carbons (Fsp3) is 0.333. The summed E-state index contributed by atoms with van der Waals surface area (Å²) in [5, 5.41) is 2.78. The van der Waals surface area contributed by atoms with Crippen molar-refractivity contribution in [1.29, 1.82) is 0 Å². The third-order valence-electron chi connectivity index (χ3n) is 4.37. The van der Waals surface area contributed by atoms with Crippen LogP contribution < -0.4 is 5.32 Å². The minimum atomic E-state index is -3.61. The Morgan fingerprint density at radius 2 is 1.96 bits per heavy atom. The van der Waals surface area contributed by atoms with Gasteiger partial charge in [0.1, 0.15) is 5.82 Å². The van der Waals surface area contributed by atoms with Gasteiger partial charge in [0.25, 0.3) is 0 Å². The van der Waals surface area contributed by atoms with E-state index in [1.165, 1.54) is 4.31 Å². The molecule has 1 aromatic carbocycles. The summed E-state index contributed by atoms with van der Waals surface area (Å²) in [7, 11) is -3.61. The first-order valence-corrected chi connectivity index (χ1v) is 10.6. The molecule has 8 heteroatoms. The lowest BCUT2D eigenvalue weighted by Gasteiger charge is -2.31. The molecule has 1 aliphatic heterocycles. The van der Waals surface area contributed by atoms with Gasteiger partial charge in [0.05, 0.1) is 10.8 Å². The molecule has 6 nitrogen and oxygen atoms in total. The number of amides is 1. The van der Waals surface area contributed by atoms with Gasteiger partial charge >= 0.3 is 0 Å². The number of nitrogens with one attached hydrogen (secondary N) is 1. The number of aryl methyl sites for hydroxylation is 1. The van der Waals surface area contributed by atoms with Crippen LogP contribution in [0.15, 0.2) is 52.0 Å². The average molecular weight is 438 g/mol. The van der Waals surface area contributed by atoms with E-state index >= 15 is 0 Å². The van der Waals surface area contributed by atoms with E-state index in [0.717, 1.165) is 10.0 Å². The molecule has 0 bridgehead atoms. The summed E-state index contributed by atoms with van der Waals surface area (Å²) in [6.45, 7) is 2.52. The molecule has 0 unspecified atom stereocenters. The lowest BCUT2D eigenvalue weighted by molar-refractivity contribution is -0.120. The molecule has 1 saturated heterocycles. The van der Waals surface area contributed by atoms with Gasteiger partial charge in [-0.3, -0.25) is 4.79 Å². The van der Waals surface area contributed by atoms with Gasteiger partial charge in [-0.2, -0.15) is 4.31 Å². The van der Waals surface area contributed by atoms with Crippen molar-refractivity contribution in [3.05, 3.63) is 52.6 Å². The van der Waals surface area contributed by atoms with Gasteiger partial charge in [0.2, 0.25) is 15.9 Å². The predicted octanol–water partition coefficient (Wildman–Crippen LogP) is 3.19. The summed E-state index contributed by atoms with van der Waals surface area (Å²) >= 11 is 3.31. The van der Waals surface area contributed by atoms with Crippen LogP contribution in [0.5, 0.6) is 0 Å². The van der Waals surface area contributed by atoms with E-state index in [1.807, 2.05) is 13.0 Å². The number of halogens is 1. The van der Waals surface area contributed by atoms with E-state index < -0.39 is 15.9 Å². The number of aromatic nitrogens is 1. The molecular formula is C18H20BrN3O3S. The van der Waals surface area contributed by atoms with Gasteiger partial charge in [-0.1, -0.05) is 22.0 Å². The maximum absolute atomic E-state index is 12.8. The monoisotopic (exact) mass is 437 g/mol. The third-order valence-corrected chi connectivity index (χ3v) is 6.78. The first-order chi connectivity index (χ1) is 12.4. The standard InChI is InChI=1S/C18H20BrN3O3S/c1-13-4-9-17(20-11-13)21-18(23)14-3-2-10-22(12-14)26(24,25)16-7-5-15(19)6-8-16/h4-9,11,14H,2-3,10,12H2,1H3,(H,20,21,23)/t14-/m0/s1. The number of rotatable bonds is 4. The summed E-state index contributed by atoms with van der Waals surface area (Å²) in [4.78, 5) is 16.9. The molecule has 138 valence electrons. The summed E-state index contributed by atoms with van der Waals surface area (Å²) in [6.07, 6.45) is 2.99. The molecule has 0 radical (unpaired) electrons. The zero-order valence-electron chi connectivity index (χ0n) is 14.4. The quantitative estimate of drug-likeness (QED) is 0.796. The topological polar surface area (TPSA) is 79.4 Å². The summed E-state index contributed by atoms with van der Waals surface area (Å²) in [5.41, 5.74) is 1.01. The molecule has 1 N–H and O–H groups in total. The molecule has 3 rings (SSSR count). The van der Waals surface area contributed by atoms with Gasteiger partial charge in [0, 0.05) is 23.8 Å². The molecule has 2 heterocycles. The molecule has 0 spiro atoms. The maximum Gasteiger partial charge on any atom is 0.243 e. The van der Waals surface area contributed by atoms with Crippen LogP contribution in [0.3, 0.4) is 0 Å². The number of sulfonamides is 1. The van der Waals surface area contributed by atoms with Gasteiger partial charge in [0.15, 0.2) is 0 Å². The van der Waals surface area contributed by atoms with Crippen molar-refractivity contribution in [3.8, 4) is 0 Å². The lowest BCUT2D eigenvalue weighted by Crippen LogP contribution is -2.43. The first-order valence-electron chi connectivity index (χ1n) is 8.35. The number of carbonyl (C=O) groups excluding carboxylic acids is 1. The van der Waals surface area contributed by atoms with Crippen molar-refractivity contribution < 1.29 is 13.2 Å². The van der Waals surface area contributed by atoms with E-state index in [-0.39, 0.29) is 17.3 Å². The normalized spacial score (nSPS) is 18.5. The Morgan fingerprint density at radius 3 is 2.62 bits per heavy atom. The van der Waals surface area contributed by atoms with Gasteiger partial charge < -0.3 is 5.32 Å². The molecule has 0 aliphatic carbocycles. The highest BCUT2D eigenvalue weighted by Gasteiger charge is 2.33. The molecule has 1 atom stereocenters. The fourth-order valence-corrected chi connectivity index (χ4v) is 4.69. The van der Waals surface area contributed by atoms with Crippen molar-refractivity contribution in [1.82, 2.24) is 9.29 Å². The summed E-state index contributed by atoms with van der Waals surface area (Å²) in [5.74, 6) is -0.109. The Bertz CT molecular complexity index is 883. The molecular weight excluding hydrogens is 418 g/mol. The summed E-state index contributed by atoms with van der Waals surface area (Å²) in [6, 6.07) is 10.1. The fourth-order valence-electron chi connectivity index (χ4n) is 2.90. The highest BCUT2D eigenvalue weighted by molar-refractivity contribution is 9.10. The maximum atomic E-state index is 12.8. The smallest absolute Gasteiger partial charge is 0.243 e. The molecule has 2 aromatic rings. The Labute approximate surface area is 161 Å². The summed E-state index contributed by atoms with van der Waals surface area (Å²) < 4.78 is 27.9. The Hall–Kier alpha value is -1.77. The number of pyridine rings is 1. The van der Waals surface area contributed by atoms with Crippen molar-refractivity contribution in [3.63, 3.8) is 0 Å². The van der Waals surface area contributed by atoms with Crippen LogP contribution in [-0.2, 0) is 14.8 Å². The highest BCUT2D eigenvalue weighted by Crippen LogP contribution is 2.25. The zero-order chi connectivity index (χ0) is 18.7. The third kappa shape index (κ3) is 4.31. The Morgan fingerprint density at radius 1 is 1.23 bits per heavy atom.